The molecule has 1 saturated carbocycles. The predicted octanol–water partition coefficient (Wildman–Crippen LogP) is 2.31. The van der Waals surface area contributed by atoms with Crippen molar-refractivity contribution in [1.82, 2.24) is 15.5 Å². The largest absolute Gasteiger partial charge is 0.352 e. The summed E-state index contributed by atoms with van der Waals surface area (Å²) in [4.78, 5) is 25.5. The van der Waals surface area contributed by atoms with Crippen molar-refractivity contribution in [2.75, 3.05) is 19.6 Å². The van der Waals surface area contributed by atoms with Gasteiger partial charge in [0.05, 0.1) is 6.54 Å². The van der Waals surface area contributed by atoms with E-state index in [0.717, 1.165) is 25.9 Å². The molecule has 2 rings (SSSR count). The number of rotatable bonds is 4. The van der Waals surface area contributed by atoms with Crippen molar-refractivity contribution in [3.05, 3.63) is 0 Å². The fourth-order valence-electron chi connectivity index (χ4n) is 4.25. The van der Waals surface area contributed by atoms with Crippen LogP contribution in [0.3, 0.4) is 0 Å². The lowest BCUT2D eigenvalue weighted by atomic mass is 9.69. The van der Waals surface area contributed by atoms with E-state index in [2.05, 4.69) is 31.4 Å². The number of nitrogens with zero attached hydrogens (tertiary/aromatic N) is 1. The SMILES string of the molecule is CC(=O)N1CCC(NC(=O)CNC2CCCCC2C(C)(C)C)CC1. The Morgan fingerprint density at radius 1 is 1.04 bits per heavy atom. The number of nitrogens with one attached hydrogen (secondary N) is 2. The summed E-state index contributed by atoms with van der Waals surface area (Å²) in [6, 6.07) is 0.656. The van der Waals surface area contributed by atoms with E-state index in [4.69, 9.17) is 0 Å². The zero-order chi connectivity index (χ0) is 17.7. The molecular weight excluding hydrogens is 302 g/mol. The molecule has 1 saturated heterocycles. The summed E-state index contributed by atoms with van der Waals surface area (Å²) < 4.78 is 0. The second-order valence-electron chi connectivity index (χ2n) is 8.59. The van der Waals surface area contributed by atoms with Gasteiger partial charge in [0.25, 0.3) is 0 Å². The molecule has 0 radical (unpaired) electrons. The lowest BCUT2D eigenvalue weighted by Crippen LogP contribution is -2.51. The summed E-state index contributed by atoms with van der Waals surface area (Å²) >= 11 is 0. The molecule has 1 aliphatic heterocycles. The number of carbonyl (C=O) groups excluding carboxylic acids is 2. The van der Waals surface area contributed by atoms with Gasteiger partial charge in [0.1, 0.15) is 0 Å². The minimum absolute atomic E-state index is 0.0921. The Kier molecular flexibility index (Phi) is 6.67. The van der Waals surface area contributed by atoms with E-state index in [-0.39, 0.29) is 23.3 Å². The van der Waals surface area contributed by atoms with Crippen molar-refractivity contribution in [1.29, 1.82) is 0 Å². The van der Waals surface area contributed by atoms with Crippen molar-refractivity contribution in [3.63, 3.8) is 0 Å². The smallest absolute Gasteiger partial charge is 0.234 e. The topological polar surface area (TPSA) is 61.4 Å². The Balaban J connectivity index is 1.74. The maximum atomic E-state index is 12.3. The summed E-state index contributed by atoms with van der Waals surface area (Å²) in [5.74, 6) is 0.860. The number of hydrogen-bond donors (Lipinski definition) is 2. The third-order valence-corrected chi connectivity index (χ3v) is 5.71. The van der Waals surface area contributed by atoms with Gasteiger partial charge < -0.3 is 15.5 Å². The molecule has 138 valence electrons. The lowest BCUT2D eigenvalue weighted by molar-refractivity contribution is -0.130. The first-order chi connectivity index (χ1) is 11.3. The molecule has 1 aliphatic carbocycles. The van der Waals surface area contributed by atoms with Gasteiger partial charge in [-0.25, -0.2) is 0 Å². The van der Waals surface area contributed by atoms with Gasteiger partial charge in [-0.05, 0) is 37.0 Å². The summed E-state index contributed by atoms with van der Waals surface area (Å²) in [5.41, 5.74) is 0.286. The molecule has 0 aromatic carbocycles. The Bertz CT molecular complexity index is 436. The number of likely N-dealkylation sites (tertiary alicyclic amines) is 1. The molecule has 2 unspecified atom stereocenters. The Morgan fingerprint density at radius 2 is 1.67 bits per heavy atom. The van der Waals surface area contributed by atoms with Crippen molar-refractivity contribution < 1.29 is 9.59 Å². The van der Waals surface area contributed by atoms with Gasteiger partial charge in [0.15, 0.2) is 0 Å². The first-order valence-corrected chi connectivity index (χ1v) is 9.55. The van der Waals surface area contributed by atoms with E-state index in [0.29, 0.717) is 18.5 Å². The normalized spacial score (nSPS) is 26.2. The van der Waals surface area contributed by atoms with E-state index >= 15 is 0 Å². The van der Waals surface area contributed by atoms with Crippen LogP contribution >= 0.6 is 0 Å². The first kappa shape index (κ1) is 19.2. The lowest BCUT2D eigenvalue weighted by Gasteiger charge is -2.41. The molecule has 5 nitrogen and oxygen atoms in total. The third kappa shape index (κ3) is 5.47. The maximum absolute atomic E-state index is 12.3. The van der Waals surface area contributed by atoms with Crippen LogP contribution in [0.2, 0.25) is 0 Å². The molecule has 0 spiro atoms. The van der Waals surface area contributed by atoms with Gasteiger partial charge in [0.2, 0.25) is 11.8 Å². The van der Waals surface area contributed by atoms with Gasteiger partial charge in [0, 0.05) is 32.1 Å². The van der Waals surface area contributed by atoms with Crippen LogP contribution in [0.25, 0.3) is 0 Å². The second-order valence-corrected chi connectivity index (χ2v) is 8.59. The van der Waals surface area contributed by atoms with Crippen molar-refractivity contribution in [3.8, 4) is 0 Å². The molecule has 2 N–H and O–H groups in total. The minimum Gasteiger partial charge on any atom is -0.352 e. The van der Waals surface area contributed by atoms with Crippen LogP contribution in [-0.4, -0.2) is 48.4 Å². The molecule has 1 heterocycles. The van der Waals surface area contributed by atoms with Crippen LogP contribution in [-0.2, 0) is 9.59 Å². The molecule has 2 amide bonds. The monoisotopic (exact) mass is 337 g/mol. The van der Waals surface area contributed by atoms with Crippen molar-refractivity contribution >= 4 is 11.8 Å². The average Bonchev–Trinajstić information content (AvgIpc) is 2.53. The zero-order valence-electron chi connectivity index (χ0n) is 15.9. The van der Waals surface area contributed by atoms with Crippen LogP contribution in [0.1, 0.15) is 66.2 Å². The Morgan fingerprint density at radius 3 is 2.25 bits per heavy atom. The Hall–Kier alpha value is -1.10. The van der Waals surface area contributed by atoms with Crippen molar-refractivity contribution in [2.24, 2.45) is 11.3 Å². The van der Waals surface area contributed by atoms with E-state index < -0.39 is 0 Å². The van der Waals surface area contributed by atoms with E-state index in [9.17, 15) is 9.59 Å². The molecule has 0 bridgehead atoms. The molecule has 24 heavy (non-hydrogen) atoms. The van der Waals surface area contributed by atoms with E-state index in [1.54, 1.807) is 6.92 Å². The highest BCUT2D eigenvalue weighted by atomic mass is 16.2. The quantitative estimate of drug-likeness (QED) is 0.827. The van der Waals surface area contributed by atoms with Crippen LogP contribution in [0, 0.1) is 11.3 Å². The molecule has 2 aliphatic rings. The average molecular weight is 338 g/mol. The van der Waals surface area contributed by atoms with Crippen LogP contribution < -0.4 is 10.6 Å². The number of amides is 2. The third-order valence-electron chi connectivity index (χ3n) is 5.71. The second kappa shape index (κ2) is 8.32. The fourth-order valence-corrected chi connectivity index (χ4v) is 4.25. The number of piperidine rings is 1. The molecule has 0 aromatic rings. The van der Waals surface area contributed by atoms with Gasteiger partial charge in [-0.15, -0.1) is 0 Å². The first-order valence-electron chi connectivity index (χ1n) is 9.55. The van der Waals surface area contributed by atoms with E-state index in [1.165, 1.54) is 25.7 Å². The van der Waals surface area contributed by atoms with Crippen LogP contribution in [0.4, 0.5) is 0 Å². The zero-order valence-corrected chi connectivity index (χ0v) is 15.9. The summed E-state index contributed by atoms with van der Waals surface area (Å²) in [6.07, 6.45) is 6.72. The predicted molar refractivity (Wildman–Crippen MR) is 96.6 cm³/mol. The van der Waals surface area contributed by atoms with Gasteiger partial charge >= 0.3 is 0 Å². The van der Waals surface area contributed by atoms with Crippen molar-refractivity contribution in [2.45, 2.75) is 78.3 Å². The highest BCUT2D eigenvalue weighted by Gasteiger charge is 2.34. The van der Waals surface area contributed by atoms with Crippen LogP contribution in [0.15, 0.2) is 0 Å². The number of hydrogen-bond acceptors (Lipinski definition) is 3. The van der Waals surface area contributed by atoms with E-state index in [1.807, 2.05) is 4.90 Å². The molecule has 2 atom stereocenters. The van der Waals surface area contributed by atoms with Gasteiger partial charge in [-0.3, -0.25) is 9.59 Å². The highest BCUT2D eigenvalue weighted by molar-refractivity contribution is 5.78. The standard InChI is InChI=1S/C19H35N3O2/c1-14(23)22-11-9-15(10-12-22)21-18(24)13-20-17-8-6-5-7-16(17)19(2,3)4/h15-17,20H,5-13H2,1-4H3,(H,21,24). The van der Waals surface area contributed by atoms with Crippen LogP contribution in [0.5, 0.6) is 0 Å². The summed E-state index contributed by atoms with van der Waals surface area (Å²) in [6.45, 7) is 10.4. The summed E-state index contributed by atoms with van der Waals surface area (Å²) in [5, 5.41) is 6.65. The van der Waals surface area contributed by atoms with Gasteiger partial charge in [-0.2, -0.15) is 0 Å². The number of carbonyl (C=O) groups is 2. The minimum atomic E-state index is 0.0921. The maximum Gasteiger partial charge on any atom is 0.234 e. The fraction of sp³-hybridized carbons (Fsp3) is 0.895. The molecule has 2 fully saturated rings. The summed E-state index contributed by atoms with van der Waals surface area (Å²) in [7, 11) is 0. The van der Waals surface area contributed by atoms with Gasteiger partial charge in [-0.1, -0.05) is 33.6 Å². The molecule has 5 heteroatoms. The molecular formula is C19H35N3O2. The highest BCUT2D eigenvalue weighted by Crippen LogP contribution is 2.37. The Labute approximate surface area is 146 Å². The molecule has 0 aromatic heterocycles.